The summed E-state index contributed by atoms with van der Waals surface area (Å²) in [6.45, 7) is 5.80. The Balaban J connectivity index is 3.96. The lowest BCUT2D eigenvalue weighted by Gasteiger charge is -2.21. The average molecular weight is 216 g/mol. The maximum absolute atomic E-state index is 11.3. The normalized spacial score (nSPS) is 13.1. The Hall–Kier alpha value is -1.10. The van der Waals surface area contributed by atoms with Crippen molar-refractivity contribution < 1.29 is 14.3 Å². The highest BCUT2D eigenvalue weighted by atomic mass is 16.6. The van der Waals surface area contributed by atoms with Crippen molar-refractivity contribution in [3.8, 4) is 0 Å². The predicted molar refractivity (Wildman–Crippen MR) is 57.5 cm³/mol. The highest BCUT2D eigenvalue weighted by Crippen LogP contribution is 2.07. The van der Waals surface area contributed by atoms with Crippen molar-refractivity contribution in [2.45, 2.75) is 45.3 Å². The molecular weight excluding hydrogens is 196 g/mol. The minimum atomic E-state index is -0.573. The van der Waals surface area contributed by atoms with Crippen molar-refractivity contribution in [1.29, 1.82) is 0 Å². The van der Waals surface area contributed by atoms with Gasteiger partial charge in [-0.05, 0) is 40.2 Å². The fraction of sp³-hybridized carbons (Fsp3) is 0.800. The number of nitrogens with one attached hydrogen (secondary N) is 1. The first-order valence-electron chi connectivity index (χ1n) is 5.04. The van der Waals surface area contributed by atoms with Gasteiger partial charge in [-0.15, -0.1) is 0 Å². The van der Waals surface area contributed by atoms with Gasteiger partial charge in [-0.1, -0.05) is 0 Å². The van der Waals surface area contributed by atoms with E-state index in [0.717, 1.165) is 0 Å². The maximum Gasteiger partial charge on any atom is 0.408 e. The SMILES string of the molecule is CC(C)(C)OC(=O)N[C@H](C=O)CCCN. The molecule has 0 fully saturated rings. The summed E-state index contributed by atoms with van der Waals surface area (Å²) in [5, 5.41) is 2.47. The number of aldehydes is 1. The molecule has 0 aromatic carbocycles. The molecular formula is C10H20N2O3. The average Bonchev–Trinajstić information content (AvgIpc) is 2.09. The van der Waals surface area contributed by atoms with E-state index in [1.54, 1.807) is 20.8 Å². The Bertz CT molecular complexity index is 211. The quantitative estimate of drug-likeness (QED) is 0.666. The Morgan fingerprint density at radius 3 is 2.53 bits per heavy atom. The molecule has 0 rings (SSSR count). The van der Waals surface area contributed by atoms with Gasteiger partial charge in [0.2, 0.25) is 0 Å². The van der Waals surface area contributed by atoms with Crippen molar-refractivity contribution in [3.63, 3.8) is 0 Å². The summed E-state index contributed by atoms with van der Waals surface area (Å²) in [6, 6.07) is -0.511. The lowest BCUT2D eigenvalue weighted by atomic mass is 10.2. The van der Waals surface area contributed by atoms with Gasteiger partial charge >= 0.3 is 6.09 Å². The van der Waals surface area contributed by atoms with Crippen LogP contribution in [0.4, 0.5) is 4.79 Å². The van der Waals surface area contributed by atoms with E-state index >= 15 is 0 Å². The number of alkyl carbamates (subject to hydrolysis) is 1. The topological polar surface area (TPSA) is 81.4 Å². The number of carbonyl (C=O) groups is 2. The van der Waals surface area contributed by atoms with Crippen molar-refractivity contribution >= 4 is 12.4 Å². The number of amides is 1. The van der Waals surface area contributed by atoms with Gasteiger partial charge < -0.3 is 20.6 Å². The van der Waals surface area contributed by atoms with E-state index in [0.29, 0.717) is 25.7 Å². The summed E-state index contributed by atoms with van der Waals surface area (Å²) in [4.78, 5) is 21.9. The molecule has 1 atom stereocenters. The molecule has 3 N–H and O–H groups in total. The summed E-state index contributed by atoms with van der Waals surface area (Å²) in [6.07, 6.45) is 1.36. The summed E-state index contributed by atoms with van der Waals surface area (Å²) in [5.74, 6) is 0. The number of carbonyl (C=O) groups excluding carboxylic acids is 2. The predicted octanol–water partition coefficient (Wildman–Crippen LogP) is 0.817. The van der Waals surface area contributed by atoms with Crippen LogP contribution in [0.1, 0.15) is 33.6 Å². The van der Waals surface area contributed by atoms with Gasteiger partial charge in [-0.25, -0.2) is 4.79 Å². The minimum absolute atomic E-state index is 0.500. The molecule has 0 aliphatic heterocycles. The molecule has 5 heteroatoms. The highest BCUT2D eigenvalue weighted by molar-refractivity contribution is 5.73. The molecule has 0 saturated heterocycles. The number of rotatable bonds is 5. The van der Waals surface area contributed by atoms with Crippen LogP contribution in [0.15, 0.2) is 0 Å². The Labute approximate surface area is 90.4 Å². The third-order valence-electron chi connectivity index (χ3n) is 1.59. The highest BCUT2D eigenvalue weighted by Gasteiger charge is 2.18. The molecule has 0 unspecified atom stereocenters. The van der Waals surface area contributed by atoms with Crippen molar-refractivity contribution in [1.82, 2.24) is 5.32 Å². The molecule has 0 radical (unpaired) electrons. The molecule has 5 nitrogen and oxygen atoms in total. The van der Waals surface area contributed by atoms with E-state index < -0.39 is 17.7 Å². The molecule has 0 aliphatic rings. The maximum atomic E-state index is 11.3. The number of hydrogen-bond acceptors (Lipinski definition) is 4. The van der Waals surface area contributed by atoms with E-state index in [4.69, 9.17) is 10.5 Å². The molecule has 0 saturated carbocycles. The second kappa shape index (κ2) is 6.40. The van der Waals surface area contributed by atoms with Crippen LogP contribution in [0, 0.1) is 0 Å². The molecule has 88 valence electrons. The second-order valence-electron chi connectivity index (χ2n) is 4.32. The lowest BCUT2D eigenvalue weighted by molar-refractivity contribution is -0.109. The van der Waals surface area contributed by atoms with Crippen molar-refractivity contribution in [3.05, 3.63) is 0 Å². The fourth-order valence-corrected chi connectivity index (χ4v) is 0.971. The van der Waals surface area contributed by atoms with Crippen LogP contribution in [0.5, 0.6) is 0 Å². The summed E-state index contributed by atoms with van der Waals surface area (Å²) >= 11 is 0. The van der Waals surface area contributed by atoms with Crippen molar-refractivity contribution in [2.24, 2.45) is 5.73 Å². The first-order valence-corrected chi connectivity index (χ1v) is 5.04. The van der Waals surface area contributed by atoms with Crippen LogP contribution in [-0.4, -0.2) is 30.6 Å². The number of hydrogen-bond donors (Lipinski definition) is 2. The van der Waals surface area contributed by atoms with E-state index in [1.165, 1.54) is 0 Å². The Morgan fingerprint density at radius 2 is 2.13 bits per heavy atom. The van der Waals surface area contributed by atoms with Gasteiger partial charge in [0.1, 0.15) is 11.9 Å². The molecule has 0 aromatic rings. The van der Waals surface area contributed by atoms with Crippen molar-refractivity contribution in [2.75, 3.05) is 6.54 Å². The zero-order valence-electron chi connectivity index (χ0n) is 9.58. The van der Waals surface area contributed by atoms with E-state index in [1.807, 2.05) is 0 Å². The zero-order chi connectivity index (χ0) is 11.9. The Morgan fingerprint density at radius 1 is 1.53 bits per heavy atom. The van der Waals surface area contributed by atoms with E-state index in [2.05, 4.69) is 5.32 Å². The van der Waals surface area contributed by atoms with Gasteiger partial charge in [-0.2, -0.15) is 0 Å². The third kappa shape index (κ3) is 7.93. The van der Waals surface area contributed by atoms with Gasteiger partial charge in [0.15, 0.2) is 0 Å². The van der Waals surface area contributed by atoms with Crippen LogP contribution in [0.25, 0.3) is 0 Å². The standard InChI is InChI=1S/C10H20N2O3/c1-10(2,3)15-9(14)12-8(7-13)5-4-6-11/h7-8H,4-6,11H2,1-3H3,(H,12,14)/t8-/m0/s1. The lowest BCUT2D eigenvalue weighted by Crippen LogP contribution is -2.40. The fourth-order valence-electron chi connectivity index (χ4n) is 0.971. The van der Waals surface area contributed by atoms with Gasteiger partial charge in [0.05, 0.1) is 6.04 Å². The van der Waals surface area contributed by atoms with Crippen LogP contribution in [0.3, 0.4) is 0 Å². The largest absolute Gasteiger partial charge is 0.444 e. The van der Waals surface area contributed by atoms with Gasteiger partial charge in [-0.3, -0.25) is 0 Å². The molecule has 15 heavy (non-hydrogen) atoms. The molecule has 0 aliphatic carbocycles. The summed E-state index contributed by atoms with van der Waals surface area (Å²) in [5.41, 5.74) is 4.75. The Kier molecular flexibility index (Phi) is 5.93. The monoisotopic (exact) mass is 216 g/mol. The van der Waals surface area contributed by atoms with E-state index in [-0.39, 0.29) is 0 Å². The number of ether oxygens (including phenoxy) is 1. The molecule has 0 bridgehead atoms. The first-order chi connectivity index (χ1) is 6.89. The van der Waals surface area contributed by atoms with Crippen LogP contribution >= 0.6 is 0 Å². The van der Waals surface area contributed by atoms with Crippen LogP contribution < -0.4 is 11.1 Å². The smallest absolute Gasteiger partial charge is 0.408 e. The second-order valence-corrected chi connectivity index (χ2v) is 4.32. The minimum Gasteiger partial charge on any atom is -0.444 e. The third-order valence-corrected chi connectivity index (χ3v) is 1.59. The van der Waals surface area contributed by atoms with Gasteiger partial charge in [0.25, 0.3) is 0 Å². The number of nitrogens with two attached hydrogens (primary N) is 1. The molecule has 1 amide bonds. The molecule has 0 heterocycles. The van der Waals surface area contributed by atoms with Crippen LogP contribution in [-0.2, 0) is 9.53 Å². The van der Waals surface area contributed by atoms with E-state index in [9.17, 15) is 9.59 Å². The van der Waals surface area contributed by atoms with Gasteiger partial charge in [0, 0.05) is 0 Å². The molecule has 0 aromatic heterocycles. The van der Waals surface area contributed by atoms with Crippen LogP contribution in [0.2, 0.25) is 0 Å². The molecule has 0 spiro atoms. The summed E-state index contributed by atoms with van der Waals surface area (Å²) < 4.78 is 5.01. The summed E-state index contributed by atoms with van der Waals surface area (Å²) in [7, 11) is 0. The first kappa shape index (κ1) is 13.9. The zero-order valence-corrected chi connectivity index (χ0v) is 9.58.